The lowest BCUT2D eigenvalue weighted by molar-refractivity contribution is 0.608. The maximum Gasteiger partial charge on any atom is 0.125 e. The zero-order valence-corrected chi connectivity index (χ0v) is 8.60. The van der Waals surface area contributed by atoms with Gasteiger partial charge in [-0.1, -0.05) is 5.21 Å². The number of nitrogen functional groups attached to an aromatic ring is 1. The first-order chi connectivity index (χ1) is 7.75. The summed E-state index contributed by atoms with van der Waals surface area (Å²) in [4.78, 5) is 0. The van der Waals surface area contributed by atoms with Gasteiger partial charge in [0.05, 0.1) is 24.1 Å². The Bertz CT molecular complexity index is 454. The van der Waals surface area contributed by atoms with Crippen LogP contribution in [0.3, 0.4) is 0 Å². The standard InChI is InChI=1S/C10H12FN5/c11-8-1-2-10(9(12)7-8)13-3-5-16-6-4-14-15-16/h1-2,4,6-7,13H,3,5,12H2. The van der Waals surface area contributed by atoms with Crippen molar-refractivity contribution in [3.63, 3.8) is 0 Å². The number of halogens is 1. The van der Waals surface area contributed by atoms with E-state index in [4.69, 9.17) is 5.73 Å². The number of hydrogen-bond acceptors (Lipinski definition) is 4. The Labute approximate surface area is 92.1 Å². The van der Waals surface area contributed by atoms with Gasteiger partial charge in [-0.25, -0.2) is 4.39 Å². The fourth-order valence-corrected chi connectivity index (χ4v) is 1.35. The number of hydrogen-bond donors (Lipinski definition) is 2. The van der Waals surface area contributed by atoms with Gasteiger partial charge in [-0.3, -0.25) is 4.68 Å². The molecule has 0 radical (unpaired) electrons. The van der Waals surface area contributed by atoms with Crippen LogP contribution in [0.1, 0.15) is 0 Å². The molecule has 0 aliphatic carbocycles. The zero-order valence-electron chi connectivity index (χ0n) is 8.60. The van der Waals surface area contributed by atoms with Crippen molar-refractivity contribution in [2.45, 2.75) is 6.54 Å². The van der Waals surface area contributed by atoms with Crippen LogP contribution in [0.25, 0.3) is 0 Å². The monoisotopic (exact) mass is 221 g/mol. The number of nitrogens with two attached hydrogens (primary N) is 1. The first-order valence-electron chi connectivity index (χ1n) is 4.89. The highest BCUT2D eigenvalue weighted by atomic mass is 19.1. The predicted octanol–water partition coefficient (Wildman–Crippen LogP) is 1.11. The lowest BCUT2D eigenvalue weighted by Crippen LogP contribution is -2.12. The lowest BCUT2D eigenvalue weighted by atomic mass is 10.2. The Hall–Kier alpha value is -2.11. The number of anilines is 2. The lowest BCUT2D eigenvalue weighted by Gasteiger charge is -2.08. The molecule has 3 N–H and O–H groups in total. The average molecular weight is 221 g/mol. The molecule has 0 aliphatic heterocycles. The Morgan fingerprint density at radius 1 is 1.44 bits per heavy atom. The summed E-state index contributed by atoms with van der Waals surface area (Å²) in [6.45, 7) is 1.33. The van der Waals surface area contributed by atoms with Crippen molar-refractivity contribution in [3.05, 3.63) is 36.4 Å². The Morgan fingerprint density at radius 2 is 2.31 bits per heavy atom. The minimum atomic E-state index is -0.334. The van der Waals surface area contributed by atoms with Crippen molar-refractivity contribution >= 4 is 11.4 Å². The second-order valence-corrected chi connectivity index (χ2v) is 3.32. The van der Waals surface area contributed by atoms with E-state index in [1.165, 1.54) is 12.1 Å². The largest absolute Gasteiger partial charge is 0.397 e. The number of benzene rings is 1. The molecule has 0 amide bonds. The van der Waals surface area contributed by atoms with Crippen molar-refractivity contribution in [3.8, 4) is 0 Å². The van der Waals surface area contributed by atoms with E-state index >= 15 is 0 Å². The smallest absolute Gasteiger partial charge is 0.125 e. The van der Waals surface area contributed by atoms with Gasteiger partial charge in [0.25, 0.3) is 0 Å². The molecule has 0 atom stereocenters. The predicted molar refractivity (Wildman–Crippen MR) is 59.3 cm³/mol. The molecule has 6 heteroatoms. The van der Waals surface area contributed by atoms with Gasteiger partial charge in [-0.05, 0) is 18.2 Å². The van der Waals surface area contributed by atoms with Crippen LogP contribution in [0, 0.1) is 5.82 Å². The number of rotatable bonds is 4. The summed E-state index contributed by atoms with van der Waals surface area (Å²) in [5.41, 5.74) is 6.77. The first-order valence-corrected chi connectivity index (χ1v) is 4.89. The van der Waals surface area contributed by atoms with Gasteiger partial charge in [-0.15, -0.1) is 5.10 Å². The van der Waals surface area contributed by atoms with E-state index in [1.807, 2.05) is 0 Å². The highest BCUT2D eigenvalue weighted by Gasteiger charge is 1.99. The van der Waals surface area contributed by atoms with Gasteiger partial charge in [0.1, 0.15) is 5.82 Å². The van der Waals surface area contributed by atoms with Crippen LogP contribution in [0.2, 0.25) is 0 Å². The van der Waals surface area contributed by atoms with Crippen LogP contribution in [0.15, 0.2) is 30.6 Å². The van der Waals surface area contributed by atoms with Crippen molar-refractivity contribution in [2.24, 2.45) is 0 Å². The summed E-state index contributed by atoms with van der Waals surface area (Å²) < 4.78 is 14.5. The molecular formula is C10H12FN5. The van der Waals surface area contributed by atoms with Gasteiger partial charge in [0.15, 0.2) is 0 Å². The second-order valence-electron chi connectivity index (χ2n) is 3.32. The average Bonchev–Trinajstić information content (AvgIpc) is 2.74. The molecule has 1 aromatic carbocycles. The van der Waals surface area contributed by atoms with Gasteiger partial charge in [0, 0.05) is 12.7 Å². The van der Waals surface area contributed by atoms with Gasteiger partial charge < -0.3 is 11.1 Å². The van der Waals surface area contributed by atoms with Crippen molar-refractivity contribution in [1.82, 2.24) is 15.0 Å². The van der Waals surface area contributed by atoms with Crippen LogP contribution in [-0.2, 0) is 6.54 Å². The molecule has 1 aromatic heterocycles. The minimum Gasteiger partial charge on any atom is -0.397 e. The van der Waals surface area contributed by atoms with Gasteiger partial charge in [0.2, 0.25) is 0 Å². The zero-order chi connectivity index (χ0) is 11.4. The molecular weight excluding hydrogens is 209 g/mol. The molecule has 0 aliphatic rings. The van der Waals surface area contributed by atoms with Crippen molar-refractivity contribution < 1.29 is 4.39 Å². The molecule has 2 rings (SSSR count). The van der Waals surface area contributed by atoms with Crippen LogP contribution < -0.4 is 11.1 Å². The number of nitrogens with one attached hydrogen (secondary N) is 1. The highest BCUT2D eigenvalue weighted by Crippen LogP contribution is 2.18. The van der Waals surface area contributed by atoms with E-state index in [-0.39, 0.29) is 5.82 Å². The summed E-state index contributed by atoms with van der Waals surface area (Å²) >= 11 is 0. The fraction of sp³-hybridized carbons (Fsp3) is 0.200. The minimum absolute atomic E-state index is 0.334. The molecule has 0 bridgehead atoms. The van der Waals surface area contributed by atoms with Crippen LogP contribution in [-0.4, -0.2) is 21.5 Å². The van der Waals surface area contributed by atoms with Gasteiger partial charge >= 0.3 is 0 Å². The summed E-state index contributed by atoms with van der Waals surface area (Å²) in [7, 11) is 0. The molecule has 2 aromatic rings. The second kappa shape index (κ2) is 4.61. The molecule has 0 spiro atoms. The highest BCUT2D eigenvalue weighted by molar-refractivity contribution is 5.65. The van der Waals surface area contributed by atoms with Crippen LogP contribution >= 0.6 is 0 Å². The summed E-state index contributed by atoms with van der Waals surface area (Å²) in [6.07, 6.45) is 3.39. The third-order valence-corrected chi connectivity index (χ3v) is 2.14. The third-order valence-electron chi connectivity index (χ3n) is 2.14. The molecule has 16 heavy (non-hydrogen) atoms. The maximum absolute atomic E-state index is 12.8. The van der Waals surface area contributed by atoms with E-state index in [0.717, 1.165) is 5.69 Å². The van der Waals surface area contributed by atoms with Crippen molar-refractivity contribution in [1.29, 1.82) is 0 Å². The van der Waals surface area contributed by atoms with E-state index in [1.54, 1.807) is 23.1 Å². The SMILES string of the molecule is Nc1cc(F)ccc1NCCn1ccnn1. The quantitative estimate of drug-likeness (QED) is 0.759. The maximum atomic E-state index is 12.8. The van der Waals surface area contributed by atoms with Gasteiger partial charge in [-0.2, -0.15) is 0 Å². The van der Waals surface area contributed by atoms with Crippen LogP contribution in [0.4, 0.5) is 15.8 Å². The normalized spacial score (nSPS) is 10.3. The summed E-state index contributed by atoms with van der Waals surface area (Å²) in [5, 5.41) is 10.6. The van der Waals surface area contributed by atoms with E-state index in [9.17, 15) is 4.39 Å². The topological polar surface area (TPSA) is 68.8 Å². The Kier molecular flexibility index (Phi) is 3.00. The van der Waals surface area contributed by atoms with E-state index in [0.29, 0.717) is 18.8 Å². The first kappa shape index (κ1) is 10.4. The summed E-state index contributed by atoms with van der Waals surface area (Å²) in [6, 6.07) is 4.28. The van der Waals surface area contributed by atoms with E-state index < -0.39 is 0 Å². The molecule has 84 valence electrons. The third kappa shape index (κ3) is 2.47. The Morgan fingerprint density at radius 3 is 3.00 bits per heavy atom. The molecule has 5 nitrogen and oxygen atoms in total. The molecule has 0 unspecified atom stereocenters. The van der Waals surface area contributed by atoms with E-state index in [2.05, 4.69) is 15.6 Å². The Balaban J connectivity index is 1.90. The molecule has 0 saturated heterocycles. The van der Waals surface area contributed by atoms with Crippen molar-refractivity contribution in [2.75, 3.05) is 17.6 Å². The number of nitrogens with zero attached hydrogens (tertiary/aromatic N) is 3. The number of aromatic nitrogens is 3. The summed E-state index contributed by atoms with van der Waals surface area (Å²) in [5.74, 6) is -0.334. The molecule has 0 saturated carbocycles. The molecule has 0 fully saturated rings. The fourth-order valence-electron chi connectivity index (χ4n) is 1.35. The molecule has 1 heterocycles. The van der Waals surface area contributed by atoms with Crippen LogP contribution in [0.5, 0.6) is 0 Å².